The first-order valence-corrected chi connectivity index (χ1v) is 18.1. The number of thioether (sulfide) groups is 1. The molecule has 2 amide bonds. The van der Waals surface area contributed by atoms with Crippen LogP contribution in [0, 0.1) is 13.8 Å². The van der Waals surface area contributed by atoms with Crippen LogP contribution < -0.4 is 9.62 Å². The van der Waals surface area contributed by atoms with Gasteiger partial charge in [0.2, 0.25) is 11.8 Å². The summed E-state index contributed by atoms with van der Waals surface area (Å²) in [4.78, 5) is 31.1. The van der Waals surface area contributed by atoms with E-state index in [1.807, 2.05) is 101 Å². The minimum atomic E-state index is -4.15. The second kappa shape index (κ2) is 16.0. The van der Waals surface area contributed by atoms with Gasteiger partial charge in [-0.3, -0.25) is 13.9 Å². The number of nitrogens with zero attached hydrogens (tertiary/aromatic N) is 2. The van der Waals surface area contributed by atoms with E-state index in [2.05, 4.69) is 5.32 Å². The third-order valence-corrected chi connectivity index (χ3v) is 10.7. The number of hydrogen-bond acceptors (Lipinski definition) is 5. The van der Waals surface area contributed by atoms with Gasteiger partial charge >= 0.3 is 0 Å². The van der Waals surface area contributed by atoms with Crippen molar-refractivity contribution < 1.29 is 18.0 Å². The topological polar surface area (TPSA) is 86.8 Å². The third-order valence-electron chi connectivity index (χ3n) is 8.12. The van der Waals surface area contributed by atoms with Gasteiger partial charge in [-0.15, -0.1) is 11.8 Å². The molecular formula is C37H43N3O4S2. The minimum Gasteiger partial charge on any atom is -0.352 e. The predicted octanol–water partition coefficient (Wildman–Crippen LogP) is 6.78. The third kappa shape index (κ3) is 8.79. The van der Waals surface area contributed by atoms with Crippen LogP contribution in [0.3, 0.4) is 0 Å². The molecule has 0 aliphatic carbocycles. The molecule has 0 saturated heterocycles. The number of sulfonamides is 1. The van der Waals surface area contributed by atoms with Gasteiger partial charge < -0.3 is 10.2 Å². The minimum absolute atomic E-state index is 0.0829. The van der Waals surface area contributed by atoms with Gasteiger partial charge in [0.05, 0.1) is 10.6 Å². The molecule has 0 bridgehead atoms. The zero-order valence-electron chi connectivity index (χ0n) is 27.1. The van der Waals surface area contributed by atoms with Crippen LogP contribution in [0.25, 0.3) is 0 Å². The Kier molecular flexibility index (Phi) is 12.1. The van der Waals surface area contributed by atoms with Crippen LogP contribution >= 0.6 is 11.8 Å². The molecule has 0 aliphatic rings. The fourth-order valence-corrected chi connectivity index (χ4v) is 6.90. The maximum absolute atomic E-state index is 14.6. The zero-order valence-corrected chi connectivity index (χ0v) is 28.8. The van der Waals surface area contributed by atoms with Crippen LogP contribution in [-0.4, -0.2) is 50.0 Å². The summed E-state index contributed by atoms with van der Waals surface area (Å²) in [5.41, 5.74) is 4.07. The van der Waals surface area contributed by atoms with Crippen molar-refractivity contribution in [3.63, 3.8) is 0 Å². The Morgan fingerprint density at radius 2 is 1.48 bits per heavy atom. The first-order valence-electron chi connectivity index (χ1n) is 15.4. The molecule has 0 radical (unpaired) electrons. The molecule has 2 atom stereocenters. The summed E-state index contributed by atoms with van der Waals surface area (Å²) < 4.78 is 29.6. The summed E-state index contributed by atoms with van der Waals surface area (Å²) in [5, 5.41) is 3.08. The normalized spacial score (nSPS) is 12.6. The molecule has 7 nitrogen and oxygen atoms in total. The zero-order chi connectivity index (χ0) is 33.3. The fourth-order valence-electron chi connectivity index (χ4n) is 5.08. The largest absolute Gasteiger partial charge is 0.352 e. The quantitative estimate of drug-likeness (QED) is 0.151. The fraction of sp³-hybridized carbons (Fsp3) is 0.297. The summed E-state index contributed by atoms with van der Waals surface area (Å²) in [6, 6.07) is 30.0. The first kappa shape index (κ1) is 34.8. The molecule has 9 heteroatoms. The molecule has 0 spiro atoms. The molecule has 0 heterocycles. The lowest BCUT2D eigenvalue weighted by Crippen LogP contribution is -2.54. The summed E-state index contributed by atoms with van der Waals surface area (Å²) >= 11 is 1.52. The number of hydrogen-bond donors (Lipinski definition) is 1. The van der Waals surface area contributed by atoms with Gasteiger partial charge in [-0.05, 0) is 86.5 Å². The van der Waals surface area contributed by atoms with E-state index in [1.54, 1.807) is 41.3 Å². The Morgan fingerprint density at radius 3 is 2.09 bits per heavy atom. The lowest BCUT2D eigenvalue weighted by molar-refractivity contribution is -0.140. The van der Waals surface area contributed by atoms with Crippen molar-refractivity contribution in [2.75, 3.05) is 17.1 Å². The number of nitrogens with one attached hydrogen (secondary N) is 1. The van der Waals surface area contributed by atoms with Crippen LogP contribution in [0.2, 0.25) is 0 Å². The number of anilines is 1. The Labute approximate surface area is 278 Å². The average molecular weight is 658 g/mol. The van der Waals surface area contributed by atoms with E-state index in [9.17, 15) is 18.0 Å². The van der Waals surface area contributed by atoms with Gasteiger partial charge in [0.1, 0.15) is 12.6 Å². The lowest BCUT2D eigenvalue weighted by atomic mass is 10.0. The SMILES string of the molecule is CC[C@@H](C)NC(=O)[C@@H](Cc1ccccc1)N(Cc1ccccc1C)C(=O)CN(c1ccc(C)cc1)S(=O)(=O)c1ccc(SC)cc1. The highest BCUT2D eigenvalue weighted by Gasteiger charge is 2.35. The summed E-state index contributed by atoms with van der Waals surface area (Å²) in [5.74, 6) is -0.758. The van der Waals surface area contributed by atoms with E-state index in [0.29, 0.717) is 5.69 Å². The molecule has 242 valence electrons. The smallest absolute Gasteiger partial charge is 0.264 e. The van der Waals surface area contributed by atoms with Crippen molar-refractivity contribution in [2.45, 2.75) is 69.0 Å². The van der Waals surface area contributed by atoms with Gasteiger partial charge in [-0.1, -0.05) is 79.2 Å². The van der Waals surface area contributed by atoms with Crippen molar-refractivity contribution in [2.24, 2.45) is 0 Å². The molecule has 0 unspecified atom stereocenters. The van der Waals surface area contributed by atoms with Crippen LogP contribution in [0.5, 0.6) is 0 Å². The van der Waals surface area contributed by atoms with Crippen molar-refractivity contribution in [3.05, 3.63) is 125 Å². The van der Waals surface area contributed by atoms with E-state index in [0.717, 1.165) is 37.9 Å². The van der Waals surface area contributed by atoms with E-state index >= 15 is 0 Å². The summed E-state index contributed by atoms with van der Waals surface area (Å²) in [6.45, 7) is 7.46. The molecule has 4 aromatic rings. The molecule has 0 saturated carbocycles. The summed E-state index contributed by atoms with van der Waals surface area (Å²) in [7, 11) is -4.15. The Hall–Kier alpha value is -4.08. The molecule has 1 N–H and O–H groups in total. The number of carbonyl (C=O) groups is 2. The molecule has 46 heavy (non-hydrogen) atoms. The number of benzene rings is 4. The molecule has 0 aromatic heterocycles. The van der Waals surface area contributed by atoms with Gasteiger partial charge in [-0.25, -0.2) is 8.42 Å². The molecule has 0 aliphatic heterocycles. The second-order valence-corrected chi connectivity index (χ2v) is 14.2. The van der Waals surface area contributed by atoms with Gasteiger partial charge in [0, 0.05) is 23.9 Å². The van der Waals surface area contributed by atoms with Crippen molar-refractivity contribution in [1.29, 1.82) is 0 Å². The molecule has 4 rings (SSSR count). The Bertz CT molecular complexity index is 1710. The number of rotatable bonds is 14. The standard InChI is InChI=1S/C37H43N3O4S2/c1-6-29(4)38-37(42)35(24-30-13-8-7-9-14-30)39(25-31-15-11-10-12-28(31)3)36(41)26-40(32-18-16-27(2)17-19-32)46(43,44)34-22-20-33(45-5)21-23-34/h7-23,29,35H,6,24-26H2,1-5H3,(H,38,42)/t29-,35-/m1/s1. The highest BCUT2D eigenvalue weighted by molar-refractivity contribution is 7.98. The highest BCUT2D eigenvalue weighted by atomic mass is 32.2. The Morgan fingerprint density at radius 1 is 0.848 bits per heavy atom. The van der Waals surface area contributed by atoms with E-state index < -0.39 is 28.5 Å². The van der Waals surface area contributed by atoms with Gasteiger partial charge in [0.25, 0.3) is 10.0 Å². The molecular weight excluding hydrogens is 615 g/mol. The highest BCUT2D eigenvalue weighted by Crippen LogP contribution is 2.27. The monoisotopic (exact) mass is 657 g/mol. The van der Waals surface area contributed by atoms with Crippen LogP contribution in [-0.2, 0) is 32.6 Å². The predicted molar refractivity (Wildman–Crippen MR) is 187 cm³/mol. The number of aryl methyl sites for hydroxylation is 2. The Balaban J connectivity index is 1.81. The molecule has 0 fully saturated rings. The van der Waals surface area contributed by atoms with E-state index in [-0.39, 0.29) is 29.8 Å². The average Bonchev–Trinajstić information content (AvgIpc) is 3.06. The van der Waals surface area contributed by atoms with Gasteiger partial charge in [-0.2, -0.15) is 0 Å². The van der Waals surface area contributed by atoms with Crippen molar-refractivity contribution in [3.8, 4) is 0 Å². The number of amides is 2. The van der Waals surface area contributed by atoms with Crippen LogP contribution in [0.1, 0.15) is 42.5 Å². The molecule has 4 aromatic carbocycles. The van der Waals surface area contributed by atoms with Crippen LogP contribution in [0.15, 0.2) is 113 Å². The van der Waals surface area contributed by atoms with E-state index in [1.165, 1.54) is 11.8 Å². The summed E-state index contributed by atoms with van der Waals surface area (Å²) in [6.07, 6.45) is 2.92. The van der Waals surface area contributed by atoms with E-state index in [4.69, 9.17) is 0 Å². The van der Waals surface area contributed by atoms with Crippen molar-refractivity contribution >= 4 is 39.3 Å². The maximum Gasteiger partial charge on any atom is 0.264 e. The first-order chi connectivity index (χ1) is 22.0. The second-order valence-electron chi connectivity index (χ2n) is 11.5. The lowest BCUT2D eigenvalue weighted by Gasteiger charge is -2.34. The van der Waals surface area contributed by atoms with Gasteiger partial charge in [0.15, 0.2) is 0 Å². The maximum atomic E-state index is 14.6. The number of carbonyl (C=O) groups excluding carboxylic acids is 2. The van der Waals surface area contributed by atoms with Crippen molar-refractivity contribution in [1.82, 2.24) is 10.2 Å². The van der Waals surface area contributed by atoms with Crippen LogP contribution in [0.4, 0.5) is 5.69 Å².